The van der Waals surface area contributed by atoms with Gasteiger partial charge in [-0.25, -0.2) is 4.39 Å². The number of carbonyl (C=O) groups is 2. The molecule has 33 heavy (non-hydrogen) atoms. The van der Waals surface area contributed by atoms with E-state index in [1.165, 1.54) is 17.0 Å². The van der Waals surface area contributed by atoms with E-state index >= 15 is 0 Å². The summed E-state index contributed by atoms with van der Waals surface area (Å²) in [6, 6.07) is 3.00. The Morgan fingerprint density at radius 3 is 2.33 bits per heavy atom. The number of piperazine rings is 1. The van der Waals surface area contributed by atoms with Gasteiger partial charge in [-0.15, -0.1) is 12.4 Å². The summed E-state index contributed by atoms with van der Waals surface area (Å²) in [7, 11) is 1.66. The number of amides is 2. The van der Waals surface area contributed by atoms with Gasteiger partial charge in [0, 0.05) is 38.8 Å². The molecule has 3 rings (SSSR count). The highest BCUT2D eigenvalue weighted by Gasteiger charge is 2.43. The van der Waals surface area contributed by atoms with Crippen LogP contribution >= 0.6 is 12.4 Å². The van der Waals surface area contributed by atoms with E-state index in [9.17, 15) is 27.2 Å². The largest absolute Gasteiger partial charge is 0.482 e. The van der Waals surface area contributed by atoms with Crippen molar-refractivity contribution in [3.8, 4) is 5.75 Å². The summed E-state index contributed by atoms with van der Waals surface area (Å²) in [5.74, 6) is -1.30. The van der Waals surface area contributed by atoms with Crippen molar-refractivity contribution in [2.75, 3.05) is 57.8 Å². The fourth-order valence-electron chi connectivity index (χ4n) is 4.16. The lowest BCUT2D eigenvalue weighted by atomic mass is 10.1. The summed E-state index contributed by atoms with van der Waals surface area (Å²) in [5.41, 5.74) is 0.300. The molecule has 186 valence electrons. The van der Waals surface area contributed by atoms with Gasteiger partial charge in [-0.2, -0.15) is 13.2 Å². The predicted octanol–water partition coefficient (Wildman–Crippen LogP) is 2.29. The van der Waals surface area contributed by atoms with E-state index in [1.807, 2.05) is 0 Å². The molecule has 2 atom stereocenters. The molecular formula is C21H29ClF4N4O3. The average Bonchev–Trinajstić information content (AvgIpc) is 2.95. The Kier molecular flexibility index (Phi) is 9.33. The van der Waals surface area contributed by atoms with Crippen LogP contribution in [0.3, 0.4) is 0 Å². The van der Waals surface area contributed by atoms with Crippen LogP contribution in [0.4, 0.5) is 23.2 Å². The van der Waals surface area contributed by atoms with Gasteiger partial charge in [0.2, 0.25) is 11.8 Å². The lowest BCUT2D eigenvalue weighted by molar-refractivity contribution is -0.153. The second-order valence-electron chi connectivity index (χ2n) is 8.08. The summed E-state index contributed by atoms with van der Waals surface area (Å²) < 4.78 is 56.2. The maximum atomic E-state index is 13.7. The minimum atomic E-state index is -4.48. The molecule has 0 aromatic heterocycles. The van der Waals surface area contributed by atoms with Gasteiger partial charge in [-0.3, -0.25) is 19.4 Å². The van der Waals surface area contributed by atoms with Crippen molar-refractivity contribution in [2.45, 2.75) is 25.6 Å². The third-order valence-corrected chi connectivity index (χ3v) is 5.88. The van der Waals surface area contributed by atoms with Crippen LogP contribution in [0.5, 0.6) is 5.75 Å². The third-order valence-electron chi connectivity index (χ3n) is 5.88. The maximum Gasteiger partial charge on any atom is 0.422 e. The molecule has 2 fully saturated rings. The van der Waals surface area contributed by atoms with E-state index in [0.717, 1.165) is 6.07 Å². The Labute approximate surface area is 196 Å². The van der Waals surface area contributed by atoms with Gasteiger partial charge in [0.1, 0.15) is 11.6 Å². The number of rotatable bonds is 8. The molecule has 2 saturated heterocycles. The monoisotopic (exact) mass is 496 g/mol. The fourth-order valence-corrected chi connectivity index (χ4v) is 4.16. The molecule has 2 unspecified atom stereocenters. The van der Waals surface area contributed by atoms with Crippen molar-refractivity contribution in [3.05, 3.63) is 24.0 Å². The van der Waals surface area contributed by atoms with Gasteiger partial charge in [-0.05, 0) is 32.1 Å². The zero-order valence-corrected chi connectivity index (χ0v) is 19.3. The highest BCUT2D eigenvalue weighted by atomic mass is 35.5. The molecule has 2 aliphatic rings. The number of halogens is 5. The van der Waals surface area contributed by atoms with Crippen LogP contribution in [0.15, 0.2) is 18.2 Å². The zero-order chi connectivity index (χ0) is 23.5. The van der Waals surface area contributed by atoms with Crippen LogP contribution in [-0.4, -0.2) is 86.8 Å². The van der Waals surface area contributed by atoms with E-state index in [2.05, 4.69) is 10.2 Å². The SMILES string of the molecule is CNC1C(=O)N(CCCN2CCN(c3cc(F)ccc3OCC(F)(F)F)CC2)C(=O)C1C.Cl. The molecule has 0 spiro atoms. The lowest BCUT2D eigenvalue weighted by Gasteiger charge is -2.37. The molecule has 0 bridgehead atoms. The van der Waals surface area contributed by atoms with Crippen LogP contribution in [0.1, 0.15) is 13.3 Å². The van der Waals surface area contributed by atoms with E-state index < -0.39 is 24.6 Å². The number of likely N-dealkylation sites (tertiary alicyclic amines) is 1. The first-order valence-electron chi connectivity index (χ1n) is 10.6. The Morgan fingerprint density at radius 1 is 1.09 bits per heavy atom. The Hall–Kier alpha value is -2.11. The fraction of sp³-hybridized carbons (Fsp3) is 0.619. The number of anilines is 1. The predicted molar refractivity (Wildman–Crippen MR) is 117 cm³/mol. The molecule has 2 aliphatic heterocycles. The Bertz CT molecular complexity index is 834. The van der Waals surface area contributed by atoms with E-state index in [4.69, 9.17) is 4.74 Å². The van der Waals surface area contributed by atoms with Crippen molar-refractivity contribution in [1.29, 1.82) is 0 Å². The minimum absolute atomic E-state index is 0. The molecule has 1 aromatic rings. The van der Waals surface area contributed by atoms with E-state index in [1.54, 1.807) is 18.9 Å². The number of nitrogens with zero attached hydrogens (tertiary/aromatic N) is 3. The first-order valence-corrected chi connectivity index (χ1v) is 10.6. The highest BCUT2D eigenvalue weighted by Crippen LogP contribution is 2.31. The van der Waals surface area contributed by atoms with E-state index in [0.29, 0.717) is 51.4 Å². The van der Waals surface area contributed by atoms with Gasteiger partial charge >= 0.3 is 6.18 Å². The molecule has 0 radical (unpaired) electrons. The quantitative estimate of drug-likeness (QED) is 0.440. The molecule has 12 heteroatoms. The van der Waals surface area contributed by atoms with Crippen LogP contribution in [-0.2, 0) is 9.59 Å². The van der Waals surface area contributed by atoms with Crippen molar-refractivity contribution in [1.82, 2.24) is 15.1 Å². The molecule has 1 N–H and O–H groups in total. The molecule has 0 aliphatic carbocycles. The number of hydrogen-bond acceptors (Lipinski definition) is 6. The maximum absolute atomic E-state index is 13.7. The smallest absolute Gasteiger partial charge is 0.422 e. The molecular weight excluding hydrogens is 468 g/mol. The first kappa shape index (κ1) is 27.1. The molecule has 7 nitrogen and oxygen atoms in total. The summed E-state index contributed by atoms with van der Waals surface area (Å²) in [6.07, 6.45) is -3.85. The number of imide groups is 1. The van der Waals surface area contributed by atoms with Crippen LogP contribution in [0, 0.1) is 11.7 Å². The van der Waals surface area contributed by atoms with Crippen LogP contribution in [0.2, 0.25) is 0 Å². The van der Waals surface area contributed by atoms with E-state index in [-0.39, 0.29) is 35.9 Å². The van der Waals surface area contributed by atoms with Gasteiger partial charge in [0.15, 0.2) is 6.61 Å². The van der Waals surface area contributed by atoms with Crippen molar-refractivity contribution in [2.24, 2.45) is 5.92 Å². The number of likely N-dealkylation sites (N-methyl/N-ethyl adjacent to an activating group) is 1. The molecule has 0 saturated carbocycles. The Balaban J connectivity index is 0.00000385. The molecule has 2 amide bonds. The van der Waals surface area contributed by atoms with Gasteiger partial charge in [0.25, 0.3) is 0 Å². The summed E-state index contributed by atoms with van der Waals surface area (Å²) in [4.78, 5) is 29.9. The minimum Gasteiger partial charge on any atom is -0.482 e. The van der Waals surface area contributed by atoms with Crippen molar-refractivity contribution in [3.63, 3.8) is 0 Å². The summed E-state index contributed by atoms with van der Waals surface area (Å²) >= 11 is 0. The molecule has 2 heterocycles. The number of carbonyl (C=O) groups excluding carboxylic acids is 2. The Morgan fingerprint density at radius 2 is 1.76 bits per heavy atom. The third kappa shape index (κ3) is 6.70. The van der Waals surface area contributed by atoms with Crippen LogP contribution in [0.25, 0.3) is 0 Å². The van der Waals surface area contributed by atoms with Crippen molar-refractivity contribution >= 4 is 29.9 Å². The van der Waals surface area contributed by atoms with Crippen molar-refractivity contribution < 1.29 is 31.9 Å². The topological polar surface area (TPSA) is 65.1 Å². The highest BCUT2D eigenvalue weighted by molar-refractivity contribution is 6.06. The number of nitrogens with one attached hydrogen (secondary N) is 1. The average molecular weight is 497 g/mol. The number of ether oxygens (including phenoxy) is 1. The van der Waals surface area contributed by atoms with Crippen LogP contribution < -0.4 is 15.0 Å². The number of hydrogen-bond donors (Lipinski definition) is 1. The van der Waals surface area contributed by atoms with Gasteiger partial charge in [0.05, 0.1) is 17.6 Å². The second kappa shape index (κ2) is 11.3. The van der Waals surface area contributed by atoms with Gasteiger partial charge < -0.3 is 15.0 Å². The number of benzene rings is 1. The standard InChI is InChI=1S/C21H28F4N4O3.ClH/c1-14-18(26-2)20(31)29(19(14)30)7-3-6-27-8-10-28(11-9-27)16-12-15(22)4-5-17(16)32-13-21(23,24)25;/h4-5,12,14,18,26H,3,6-11,13H2,1-2H3;1H. The first-order chi connectivity index (χ1) is 15.1. The zero-order valence-electron chi connectivity index (χ0n) is 18.5. The summed E-state index contributed by atoms with van der Waals surface area (Å²) in [5, 5.41) is 2.88. The molecule has 1 aromatic carbocycles. The second-order valence-corrected chi connectivity index (χ2v) is 8.08. The normalized spacial score (nSPS) is 22.0. The summed E-state index contributed by atoms with van der Waals surface area (Å²) in [6.45, 7) is 3.54. The lowest BCUT2D eigenvalue weighted by Crippen LogP contribution is -2.47. The number of alkyl halides is 3. The van der Waals surface area contributed by atoms with Gasteiger partial charge in [-0.1, -0.05) is 6.92 Å².